The summed E-state index contributed by atoms with van der Waals surface area (Å²) in [7, 11) is 1.65. The number of ether oxygens (including phenoxy) is 1. The summed E-state index contributed by atoms with van der Waals surface area (Å²) in [6, 6.07) is 15.8. The number of thioether (sulfide) groups is 1. The molecule has 1 aliphatic carbocycles. The van der Waals surface area contributed by atoms with Gasteiger partial charge in [0, 0.05) is 28.5 Å². The SMILES string of the molecule is COc1ccc(C(C)=O)cc1CSc1nnc(C2CC2)n1-c1ccccc1. The average Bonchev–Trinajstić information content (AvgIpc) is 3.46. The lowest BCUT2D eigenvalue weighted by Gasteiger charge is -2.12. The molecule has 1 aromatic heterocycles. The zero-order valence-corrected chi connectivity index (χ0v) is 16.2. The number of hydrogen-bond donors (Lipinski definition) is 0. The zero-order chi connectivity index (χ0) is 18.8. The molecule has 1 fully saturated rings. The van der Waals surface area contributed by atoms with Crippen molar-refractivity contribution in [2.75, 3.05) is 7.11 Å². The van der Waals surface area contributed by atoms with Crippen LogP contribution in [0.1, 0.15) is 47.4 Å². The summed E-state index contributed by atoms with van der Waals surface area (Å²) in [5, 5.41) is 9.77. The van der Waals surface area contributed by atoms with Crippen molar-refractivity contribution >= 4 is 17.5 Å². The molecule has 0 spiro atoms. The van der Waals surface area contributed by atoms with Crippen LogP contribution in [0, 0.1) is 0 Å². The Hall–Kier alpha value is -2.60. The molecule has 0 unspecified atom stereocenters. The smallest absolute Gasteiger partial charge is 0.196 e. The number of ketones is 1. The maximum atomic E-state index is 11.7. The summed E-state index contributed by atoms with van der Waals surface area (Å²) < 4.78 is 7.63. The number of aromatic nitrogens is 3. The van der Waals surface area contributed by atoms with Crippen LogP contribution in [0.3, 0.4) is 0 Å². The molecule has 1 heterocycles. The van der Waals surface area contributed by atoms with E-state index in [-0.39, 0.29) is 5.78 Å². The van der Waals surface area contributed by atoms with Gasteiger partial charge in [-0.25, -0.2) is 0 Å². The molecule has 6 heteroatoms. The highest BCUT2D eigenvalue weighted by Gasteiger charge is 2.31. The molecule has 0 aliphatic heterocycles. The maximum Gasteiger partial charge on any atom is 0.196 e. The minimum Gasteiger partial charge on any atom is -0.496 e. The molecule has 5 nitrogen and oxygen atoms in total. The summed E-state index contributed by atoms with van der Waals surface area (Å²) in [4.78, 5) is 11.7. The molecule has 0 amide bonds. The van der Waals surface area contributed by atoms with E-state index in [4.69, 9.17) is 4.74 Å². The second-order valence-corrected chi connectivity index (χ2v) is 7.60. The highest BCUT2D eigenvalue weighted by molar-refractivity contribution is 7.98. The molecule has 1 saturated carbocycles. The van der Waals surface area contributed by atoms with E-state index in [0.29, 0.717) is 17.2 Å². The average molecular weight is 379 g/mol. The van der Waals surface area contributed by atoms with E-state index >= 15 is 0 Å². The second kappa shape index (κ2) is 7.56. The van der Waals surface area contributed by atoms with Gasteiger partial charge in [0.25, 0.3) is 0 Å². The summed E-state index contributed by atoms with van der Waals surface area (Å²) in [5.41, 5.74) is 2.75. The third-order valence-corrected chi connectivity index (χ3v) is 5.64. The van der Waals surface area contributed by atoms with Crippen molar-refractivity contribution in [3.63, 3.8) is 0 Å². The highest BCUT2D eigenvalue weighted by Crippen LogP contribution is 2.41. The Kier molecular flexibility index (Phi) is 4.99. The van der Waals surface area contributed by atoms with Crippen LogP contribution in [0.2, 0.25) is 0 Å². The first-order valence-electron chi connectivity index (χ1n) is 8.98. The van der Waals surface area contributed by atoms with Crippen molar-refractivity contribution in [2.45, 2.75) is 36.6 Å². The first-order valence-corrected chi connectivity index (χ1v) is 9.97. The molecule has 2 aromatic carbocycles. The predicted molar refractivity (Wildman–Crippen MR) is 106 cm³/mol. The van der Waals surface area contributed by atoms with Gasteiger partial charge in [0.2, 0.25) is 0 Å². The van der Waals surface area contributed by atoms with Crippen LogP contribution in [-0.4, -0.2) is 27.7 Å². The lowest BCUT2D eigenvalue weighted by Crippen LogP contribution is -2.02. The van der Waals surface area contributed by atoms with Crippen molar-refractivity contribution in [3.05, 3.63) is 65.5 Å². The van der Waals surface area contributed by atoms with Crippen LogP contribution in [0.25, 0.3) is 5.69 Å². The Morgan fingerprint density at radius 3 is 2.63 bits per heavy atom. The van der Waals surface area contributed by atoms with Gasteiger partial charge in [-0.2, -0.15) is 0 Å². The monoisotopic (exact) mass is 379 g/mol. The summed E-state index contributed by atoms with van der Waals surface area (Å²) in [6.07, 6.45) is 2.34. The fourth-order valence-electron chi connectivity index (χ4n) is 3.05. The minimum atomic E-state index is 0.0485. The van der Waals surface area contributed by atoms with Crippen molar-refractivity contribution in [1.29, 1.82) is 0 Å². The molecule has 1 aliphatic rings. The van der Waals surface area contributed by atoms with E-state index in [1.165, 1.54) is 12.8 Å². The van der Waals surface area contributed by atoms with E-state index < -0.39 is 0 Å². The zero-order valence-electron chi connectivity index (χ0n) is 15.4. The number of carbonyl (C=O) groups is 1. The van der Waals surface area contributed by atoms with E-state index in [0.717, 1.165) is 28.0 Å². The number of para-hydroxylation sites is 1. The van der Waals surface area contributed by atoms with Crippen LogP contribution in [0.15, 0.2) is 53.7 Å². The largest absolute Gasteiger partial charge is 0.496 e. The van der Waals surface area contributed by atoms with Crippen LogP contribution in [0.4, 0.5) is 0 Å². The van der Waals surface area contributed by atoms with Crippen LogP contribution < -0.4 is 4.74 Å². The molecule has 27 heavy (non-hydrogen) atoms. The normalized spacial score (nSPS) is 13.6. The summed E-state index contributed by atoms with van der Waals surface area (Å²) in [6.45, 7) is 1.58. The van der Waals surface area contributed by atoms with Crippen molar-refractivity contribution < 1.29 is 9.53 Å². The summed E-state index contributed by atoms with van der Waals surface area (Å²) in [5.74, 6) is 3.02. The van der Waals surface area contributed by atoms with Gasteiger partial charge in [0.15, 0.2) is 10.9 Å². The Morgan fingerprint density at radius 2 is 1.96 bits per heavy atom. The molecule has 0 atom stereocenters. The lowest BCUT2D eigenvalue weighted by atomic mass is 10.1. The molecule has 0 N–H and O–H groups in total. The molecular weight excluding hydrogens is 358 g/mol. The Morgan fingerprint density at radius 1 is 1.19 bits per heavy atom. The fraction of sp³-hybridized carbons (Fsp3) is 0.286. The Bertz CT molecular complexity index is 965. The maximum absolute atomic E-state index is 11.7. The van der Waals surface area contributed by atoms with Crippen LogP contribution in [-0.2, 0) is 5.75 Å². The van der Waals surface area contributed by atoms with E-state index in [2.05, 4.69) is 26.9 Å². The fourth-order valence-corrected chi connectivity index (χ4v) is 3.99. The molecule has 138 valence electrons. The molecule has 4 rings (SSSR count). The quantitative estimate of drug-likeness (QED) is 0.442. The third-order valence-electron chi connectivity index (χ3n) is 4.66. The topological polar surface area (TPSA) is 57.0 Å². The van der Waals surface area contributed by atoms with Gasteiger partial charge in [-0.05, 0) is 50.1 Å². The number of nitrogens with zero attached hydrogens (tertiary/aromatic N) is 3. The minimum absolute atomic E-state index is 0.0485. The first-order chi connectivity index (χ1) is 13.2. The number of Topliss-reactive ketones (excluding diaryl/α,β-unsaturated/α-hetero) is 1. The van der Waals surface area contributed by atoms with Gasteiger partial charge >= 0.3 is 0 Å². The third kappa shape index (κ3) is 3.76. The van der Waals surface area contributed by atoms with Gasteiger partial charge in [0.05, 0.1) is 7.11 Å². The molecule has 0 bridgehead atoms. The predicted octanol–water partition coefficient (Wildman–Crippen LogP) is 4.65. The molecular formula is C21H21N3O2S. The van der Waals surface area contributed by atoms with E-state index in [9.17, 15) is 4.79 Å². The van der Waals surface area contributed by atoms with Crippen LogP contribution in [0.5, 0.6) is 5.75 Å². The number of carbonyl (C=O) groups excluding carboxylic acids is 1. The highest BCUT2D eigenvalue weighted by atomic mass is 32.2. The van der Waals surface area contributed by atoms with Gasteiger partial charge in [-0.1, -0.05) is 30.0 Å². The summed E-state index contributed by atoms with van der Waals surface area (Å²) >= 11 is 1.61. The van der Waals surface area contributed by atoms with Crippen molar-refractivity contribution in [2.24, 2.45) is 0 Å². The molecule has 3 aromatic rings. The number of benzene rings is 2. The van der Waals surface area contributed by atoms with Crippen molar-refractivity contribution in [3.8, 4) is 11.4 Å². The number of rotatable bonds is 7. The van der Waals surface area contributed by atoms with Crippen LogP contribution >= 0.6 is 11.8 Å². The van der Waals surface area contributed by atoms with Gasteiger partial charge in [-0.3, -0.25) is 9.36 Å². The second-order valence-electron chi connectivity index (χ2n) is 6.66. The van der Waals surface area contributed by atoms with Gasteiger partial charge in [-0.15, -0.1) is 10.2 Å². The Balaban J connectivity index is 1.64. The van der Waals surface area contributed by atoms with E-state index in [1.54, 1.807) is 31.9 Å². The molecule has 0 radical (unpaired) electrons. The number of methoxy groups -OCH3 is 1. The lowest BCUT2D eigenvalue weighted by molar-refractivity contribution is 0.101. The number of hydrogen-bond acceptors (Lipinski definition) is 5. The van der Waals surface area contributed by atoms with Gasteiger partial charge in [0.1, 0.15) is 11.6 Å². The first kappa shape index (κ1) is 17.8. The standard InChI is InChI=1S/C21H21N3O2S/c1-14(25)16-10-11-19(26-2)17(12-16)13-27-21-23-22-20(15-8-9-15)24(21)18-6-4-3-5-7-18/h3-7,10-12,15H,8-9,13H2,1-2H3. The molecule has 0 saturated heterocycles. The van der Waals surface area contributed by atoms with Crippen molar-refractivity contribution in [1.82, 2.24) is 14.8 Å². The van der Waals surface area contributed by atoms with E-state index in [1.807, 2.05) is 30.3 Å². The Labute approximate surface area is 162 Å². The van der Waals surface area contributed by atoms with Gasteiger partial charge < -0.3 is 4.74 Å².